The molecule has 0 saturated heterocycles. The molecule has 0 radical (unpaired) electrons. The zero-order valence-electron chi connectivity index (χ0n) is 7.96. The molecule has 0 saturated carbocycles. The highest BCUT2D eigenvalue weighted by Crippen LogP contribution is 2.33. The van der Waals surface area contributed by atoms with Crippen LogP contribution in [-0.2, 0) is 12.8 Å². The summed E-state index contributed by atoms with van der Waals surface area (Å²) >= 11 is 6.09. The molecular weight excluding hydrogens is 198 g/mol. The van der Waals surface area contributed by atoms with E-state index in [1.54, 1.807) is 0 Å². The van der Waals surface area contributed by atoms with E-state index in [9.17, 15) is 0 Å². The average molecular weight is 212 g/mol. The van der Waals surface area contributed by atoms with E-state index in [1.165, 1.54) is 11.1 Å². The molecule has 0 bridgehead atoms. The lowest BCUT2D eigenvalue weighted by Crippen LogP contribution is -2.16. The smallest absolute Gasteiger partial charge is 0.0624 e. The molecule has 76 valence electrons. The molecule has 1 aliphatic carbocycles. The van der Waals surface area contributed by atoms with E-state index in [-0.39, 0.29) is 12.6 Å². The Labute approximate surface area is 88.7 Å². The van der Waals surface area contributed by atoms with Gasteiger partial charge < -0.3 is 10.8 Å². The fraction of sp³-hybridized carbons (Fsp3) is 0.455. The van der Waals surface area contributed by atoms with Gasteiger partial charge in [0.25, 0.3) is 0 Å². The van der Waals surface area contributed by atoms with Crippen LogP contribution in [0.2, 0.25) is 5.02 Å². The summed E-state index contributed by atoms with van der Waals surface area (Å²) in [6, 6.07) is 3.56. The second-order valence-electron chi connectivity index (χ2n) is 3.74. The molecule has 0 spiro atoms. The molecule has 1 aromatic carbocycles. The highest BCUT2D eigenvalue weighted by molar-refractivity contribution is 6.31. The Balaban J connectivity index is 2.48. The molecule has 1 aliphatic rings. The summed E-state index contributed by atoms with van der Waals surface area (Å²) in [6.45, 7) is -0.00588. The Morgan fingerprint density at radius 3 is 2.79 bits per heavy atom. The molecule has 3 N–H and O–H groups in total. The molecule has 3 heteroatoms. The van der Waals surface area contributed by atoms with Crippen LogP contribution in [0.1, 0.15) is 29.2 Å². The average Bonchev–Trinajstić information content (AvgIpc) is 2.67. The summed E-state index contributed by atoms with van der Waals surface area (Å²) in [5.41, 5.74) is 9.38. The predicted octanol–water partition coefficient (Wildman–Crippen LogP) is 1.82. The van der Waals surface area contributed by atoms with Crippen molar-refractivity contribution in [2.75, 3.05) is 6.61 Å². The van der Waals surface area contributed by atoms with Crippen LogP contribution in [0.5, 0.6) is 0 Å². The van der Waals surface area contributed by atoms with Crippen LogP contribution < -0.4 is 5.73 Å². The van der Waals surface area contributed by atoms with Crippen molar-refractivity contribution in [1.29, 1.82) is 0 Å². The summed E-state index contributed by atoms with van der Waals surface area (Å²) in [6.07, 6.45) is 3.23. The van der Waals surface area contributed by atoms with Gasteiger partial charge in [0.1, 0.15) is 0 Å². The maximum atomic E-state index is 9.03. The van der Waals surface area contributed by atoms with Crippen LogP contribution in [-0.4, -0.2) is 11.7 Å². The van der Waals surface area contributed by atoms with Gasteiger partial charge in [0, 0.05) is 5.02 Å². The molecule has 0 aliphatic heterocycles. The first-order valence-electron chi connectivity index (χ1n) is 4.90. The fourth-order valence-electron chi connectivity index (χ4n) is 2.14. The molecular formula is C11H14ClNO. The van der Waals surface area contributed by atoms with E-state index in [0.29, 0.717) is 0 Å². The lowest BCUT2D eigenvalue weighted by atomic mass is 9.98. The Kier molecular flexibility index (Phi) is 2.77. The van der Waals surface area contributed by atoms with E-state index in [0.717, 1.165) is 29.8 Å². The van der Waals surface area contributed by atoms with Gasteiger partial charge in [-0.15, -0.1) is 0 Å². The van der Waals surface area contributed by atoms with Gasteiger partial charge in [-0.3, -0.25) is 0 Å². The van der Waals surface area contributed by atoms with Crippen LogP contribution in [0.4, 0.5) is 0 Å². The maximum absolute atomic E-state index is 9.03. The highest BCUT2D eigenvalue weighted by Gasteiger charge is 2.20. The second kappa shape index (κ2) is 3.89. The van der Waals surface area contributed by atoms with Gasteiger partial charge in [-0.2, -0.15) is 0 Å². The number of benzene rings is 1. The molecule has 2 nitrogen and oxygen atoms in total. The van der Waals surface area contributed by atoms with Crippen molar-refractivity contribution >= 4 is 11.6 Å². The van der Waals surface area contributed by atoms with Crippen molar-refractivity contribution in [2.45, 2.75) is 25.3 Å². The van der Waals surface area contributed by atoms with Gasteiger partial charge in [-0.1, -0.05) is 17.7 Å². The topological polar surface area (TPSA) is 46.2 Å². The zero-order valence-corrected chi connectivity index (χ0v) is 8.72. The molecule has 1 atom stereocenters. The number of aliphatic hydroxyl groups excluding tert-OH is 1. The minimum Gasteiger partial charge on any atom is -0.394 e. The third-order valence-electron chi connectivity index (χ3n) is 2.86. The van der Waals surface area contributed by atoms with Gasteiger partial charge in [-0.05, 0) is 42.0 Å². The number of hydrogen-bond acceptors (Lipinski definition) is 2. The molecule has 0 fully saturated rings. The fourth-order valence-corrected chi connectivity index (χ4v) is 2.41. The third kappa shape index (κ3) is 1.54. The molecule has 0 heterocycles. The second-order valence-corrected chi connectivity index (χ2v) is 4.14. The van der Waals surface area contributed by atoms with Crippen LogP contribution >= 0.6 is 11.6 Å². The van der Waals surface area contributed by atoms with Gasteiger partial charge in [0.05, 0.1) is 12.6 Å². The zero-order chi connectivity index (χ0) is 10.1. The molecule has 1 unspecified atom stereocenters. The van der Waals surface area contributed by atoms with Gasteiger partial charge in [0.15, 0.2) is 0 Å². The monoisotopic (exact) mass is 211 g/mol. The minimum atomic E-state index is -0.265. The van der Waals surface area contributed by atoms with Crippen molar-refractivity contribution in [3.8, 4) is 0 Å². The maximum Gasteiger partial charge on any atom is 0.0624 e. The third-order valence-corrected chi connectivity index (χ3v) is 3.21. The van der Waals surface area contributed by atoms with Crippen molar-refractivity contribution in [1.82, 2.24) is 0 Å². The summed E-state index contributed by atoms with van der Waals surface area (Å²) in [7, 11) is 0. The Morgan fingerprint density at radius 2 is 2.07 bits per heavy atom. The minimum absolute atomic E-state index is 0.00588. The van der Waals surface area contributed by atoms with Gasteiger partial charge in [-0.25, -0.2) is 0 Å². The van der Waals surface area contributed by atoms with E-state index in [4.69, 9.17) is 22.4 Å². The van der Waals surface area contributed by atoms with Crippen molar-refractivity contribution < 1.29 is 5.11 Å². The largest absolute Gasteiger partial charge is 0.394 e. The van der Waals surface area contributed by atoms with Crippen LogP contribution in [0.3, 0.4) is 0 Å². The SMILES string of the molecule is NC(CO)c1ccc(Cl)c2c1CCC2. The van der Waals surface area contributed by atoms with Crippen LogP contribution in [0.15, 0.2) is 12.1 Å². The Bertz CT molecular complexity index is 351. The van der Waals surface area contributed by atoms with Crippen LogP contribution in [0.25, 0.3) is 0 Å². The molecule has 2 rings (SSSR count). The van der Waals surface area contributed by atoms with E-state index >= 15 is 0 Å². The first-order valence-corrected chi connectivity index (χ1v) is 5.28. The molecule has 0 amide bonds. The Hall–Kier alpha value is -0.570. The van der Waals surface area contributed by atoms with Crippen molar-refractivity contribution in [3.63, 3.8) is 0 Å². The summed E-state index contributed by atoms with van der Waals surface area (Å²) in [5.74, 6) is 0. The summed E-state index contributed by atoms with van der Waals surface area (Å²) < 4.78 is 0. The molecule has 14 heavy (non-hydrogen) atoms. The number of nitrogens with two attached hydrogens (primary N) is 1. The standard InChI is InChI=1S/C11H14ClNO/c12-10-5-4-9(11(13)6-14)7-2-1-3-8(7)10/h4-5,11,14H,1-3,6,13H2. The van der Waals surface area contributed by atoms with E-state index in [1.807, 2.05) is 12.1 Å². The predicted molar refractivity (Wildman–Crippen MR) is 57.5 cm³/mol. The first kappa shape index (κ1) is 9.97. The lowest BCUT2D eigenvalue weighted by Gasteiger charge is -2.14. The summed E-state index contributed by atoms with van der Waals surface area (Å²) in [4.78, 5) is 0. The van der Waals surface area contributed by atoms with Gasteiger partial charge >= 0.3 is 0 Å². The quantitative estimate of drug-likeness (QED) is 0.784. The molecule has 0 aromatic heterocycles. The molecule has 1 aromatic rings. The van der Waals surface area contributed by atoms with E-state index < -0.39 is 0 Å². The lowest BCUT2D eigenvalue weighted by molar-refractivity contribution is 0.267. The van der Waals surface area contributed by atoms with Crippen LogP contribution in [0, 0.1) is 0 Å². The Morgan fingerprint density at radius 1 is 1.36 bits per heavy atom. The van der Waals surface area contributed by atoms with E-state index in [2.05, 4.69) is 0 Å². The summed E-state index contributed by atoms with van der Waals surface area (Å²) in [5, 5.41) is 9.87. The number of rotatable bonds is 2. The normalized spacial score (nSPS) is 16.8. The number of hydrogen-bond donors (Lipinski definition) is 2. The number of fused-ring (bicyclic) bond motifs is 1. The highest BCUT2D eigenvalue weighted by atomic mass is 35.5. The number of halogens is 1. The number of aliphatic hydroxyl groups is 1. The first-order chi connectivity index (χ1) is 6.74. The van der Waals surface area contributed by atoms with Crippen molar-refractivity contribution in [3.05, 3.63) is 33.8 Å². The van der Waals surface area contributed by atoms with Gasteiger partial charge in [0.2, 0.25) is 0 Å². The van der Waals surface area contributed by atoms with Crippen molar-refractivity contribution in [2.24, 2.45) is 5.73 Å².